The number of halogens is 4. The monoisotopic (exact) mass is 357 g/mol. The highest BCUT2D eigenvalue weighted by Crippen LogP contribution is 2.29. The number of rotatable bonds is 5. The Hall–Kier alpha value is -2.21. The predicted octanol–water partition coefficient (Wildman–Crippen LogP) is 4.44. The quantitative estimate of drug-likeness (QED) is 0.859. The summed E-state index contributed by atoms with van der Waals surface area (Å²) >= 11 is 5.94. The van der Waals surface area contributed by atoms with Crippen molar-refractivity contribution in [3.05, 3.63) is 64.7 Å². The van der Waals surface area contributed by atoms with E-state index < -0.39 is 23.8 Å². The Kier molecular flexibility index (Phi) is 5.72. The lowest BCUT2D eigenvalue weighted by Crippen LogP contribution is -2.36. The molecule has 7 heteroatoms. The molecule has 0 unspecified atom stereocenters. The number of para-hydroxylation sites is 1. The highest BCUT2D eigenvalue weighted by atomic mass is 35.5. The summed E-state index contributed by atoms with van der Waals surface area (Å²) in [4.78, 5) is 12.0. The zero-order valence-corrected chi connectivity index (χ0v) is 13.5. The SMILES string of the molecule is C[C@@H](Oc1ccccc1Cl)C(=O)NCc1cccc(C(F)(F)F)c1. The average molecular weight is 358 g/mol. The Morgan fingerprint density at radius 2 is 1.92 bits per heavy atom. The maximum absolute atomic E-state index is 12.7. The van der Waals surface area contributed by atoms with E-state index in [4.69, 9.17) is 16.3 Å². The Bertz CT molecular complexity index is 719. The molecule has 0 aliphatic carbocycles. The molecule has 0 heterocycles. The van der Waals surface area contributed by atoms with Gasteiger partial charge in [0.2, 0.25) is 0 Å². The highest BCUT2D eigenvalue weighted by Gasteiger charge is 2.30. The standard InChI is InChI=1S/C17H15ClF3NO2/c1-11(24-15-8-3-2-7-14(15)18)16(23)22-10-12-5-4-6-13(9-12)17(19,20)21/h2-9,11H,10H2,1H3,(H,22,23)/t11-/m1/s1. The first-order valence-electron chi connectivity index (χ1n) is 7.12. The van der Waals surface area contributed by atoms with Crippen molar-refractivity contribution in [2.75, 3.05) is 0 Å². The van der Waals surface area contributed by atoms with Gasteiger partial charge in [0, 0.05) is 6.54 Å². The molecule has 1 N–H and O–H groups in total. The largest absolute Gasteiger partial charge is 0.479 e. The van der Waals surface area contributed by atoms with Crippen LogP contribution in [0.2, 0.25) is 5.02 Å². The summed E-state index contributed by atoms with van der Waals surface area (Å²) in [5.41, 5.74) is -0.405. The van der Waals surface area contributed by atoms with Crippen molar-refractivity contribution in [2.24, 2.45) is 0 Å². The van der Waals surface area contributed by atoms with E-state index in [0.717, 1.165) is 12.1 Å². The van der Waals surface area contributed by atoms with Crippen molar-refractivity contribution in [1.82, 2.24) is 5.32 Å². The Labute approximate surface area is 142 Å². The maximum Gasteiger partial charge on any atom is 0.416 e. The molecule has 2 aromatic carbocycles. The lowest BCUT2D eigenvalue weighted by Gasteiger charge is -2.16. The number of hydrogen-bond donors (Lipinski definition) is 1. The normalized spacial score (nSPS) is 12.5. The summed E-state index contributed by atoms with van der Waals surface area (Å²) in [6, 6.07) is 11.5. The summed E-state index contributed by atoms with van der Waals surface area (Å²) in [5, 5.41) is 2.91. The van der Waals surface area contributed by atoms with Gasteiger partial charge in [-0.05, 0) is 36.8 Å². The van der Waals surface area contributed by atoms with Crippen molar-refractivity contribution >= 4 is 17.5 Å². The third kappa shape index (κ3) is 4.89. The number of benzene rings is 2. The third-order valence-corrected chi connectivity index (χ3v) is 3.54. The van der Waals surface area contributed by atoms with Gasteiger partial charge in [-0.3, -0.25) is 4.79 Å². The molecule has 2 aromatic rings. The van der Waals surface area contributed by atoms with Gasteiger partial charge in [0.1, 0.15) is 5.75 Å². The zero-order valence-electron chi connectivity index (χ0n) is 12.7. The van der Waals surface area contributed by atoms with Crippen LogP contribution in [0.4, 0.5) is 13.2 Å². The van der Waals surface area contributed by atoms with Gasteiger partial charge < -0.3 is 10.1 Å². The van der Waals surface area contributed by atoms with Crippen LogP contribution in [0, 0.1) is 0 Å². The number of carbonyl (C=O) groups is 1. The van der Waals surface area contributed by atoms with E-state index in [-0.39, 0.29) is 6.54 Å². The lowest BCUT2D eigenvalue weighted by atomic mass is 10.1. The summed E-state index contributed by atoms with van der Waals surface area (Å²) in [7, 11) is 0. The number of carbonyl (C=O) groups excluding carboxylic acids is 1. The summed E-state index contributed by atoms with van der Waals surface area (Å²) in [6.45, 7) is 1.50. The molecular weight excluding hydrogens is 343 g/mol. The third-order valence-electron chi connectivity index (χ3n) is 3.23. The number of ether oxygens (including phenoxy) is 1. The molecule has 24 heavy (non-hydrogen) atoms. The first-order chi connectivity index (χ1) is 11.3. The van der Waals surface area contributed by atoms with Crippen LogP contribution in [-0.2, 0) is 17.5 Å². The van der Waals surface area contributed by atoms with Crippen molar-refractivity contribution in [2.45, 2.75) is 25.7 Å². The van der Waals surface area contributed by atoms with E-state index in [1.165, 1.54) is 19.1 Å². The fourth-order valence-corrected chi connectivity index (χ4v) is 2.16. The summed E-state index contributed by atoms with van der Waals surface area (Å²) < 4.78 is 43.4. The summed E-state index contributed by atoms with van der Waals surface area (Å²) in [6.07, 6.45) is -5.25. The van der Waals surface area contributed by atoms with Gasteiger partial charge in [0.05, 0.1) is 10.6 Å². The molecule has 1 amide bonds. The van der Waals surface area contributed by atoms with Crippen molar-refractivity contribution in [3.63, 3.8) is 0 Å². The molecule has 2 rings (SSSR count). The van der Waals surface area contributed by atoms with E-state index in [0.29, 0.717) is 16.3 Å². The molecule has 0 aromatic heterocycles. The number of nitrogens with one attached hydrogen (secondary N) is 1. The maximum atomic E-state index is 12.7. The first-order valence-corrected chi connectivity index (χ1v) is 7.50. The molecule has 0 bridgehead atoms. The van der Waals surface area contributed by atoms with Gasteiger partial charge in [0.25, 0.3) is 5.91 Å². The Morgan fingerprint density at radius 3 is 2.58 bits per heavy atom. The number of amides is 1. The van der Waals surface area contributed by atoms with Crippen molar-refractivity contribution in [3.8, 4) is 5.75 Å². The fourth-order valence-electron chi connectivity index (χ4n) is 1.97. The molecule has 0 aliphatic rings. The molecule has 0 saturated carbocycles. The van der Waals surface area contributed by atoms with E-state index in [1.54, 1.807) is 24.3 Å². The number of hydrogen-bond acceptors (Lipinski definition) is 2. The molecule has 0 saturated heterocycles. The van der Waals surface area contributed by atoms with E-state index >= 15 is 0 Å². The smallest absolute Gasteiger partial charge is 0.416 e. The van der Waals surface area contributed by atoms with Crippen LogP contribution < -0.4 is 10.1 Å². The van der Waals surface area contributed by atoms with Crippen molar-refractivity contribution < 1.29 is 22.7 Å². The van der Waals surface area contributed by atoms with Gasteiger partial charge >= 0.3 is 6.18 Å². The van der Waals surface area contributed by atoms with Gasteiger partial charge in [-0.25, -0.2) is 0 Å². The molecule has 0 fully saturated rings. The highest BCUT2D eigenvalue weighted by molar-refractivity contribution is 6.32. The minimum absolute atomic E-state index is 0.0288. The fraction of sp³-hybridized carbons (Fsp3) is 0.235. The van der Waals surface area contributed by atoms with Crippen LogP contribution >= 0.6 is 11.6 Å². The molecule has 0 aliphatic heterocycles. The first kappa shape index (κ1) is 18.1. The Morgan fingerprint density at radius 1 is 1.21 bits per heavy atom. The van der Waals surface area contributed by atoms with Gasteiger partial charge in [-0.1, -0.05) is 35.9 Å². The van der Waals surface area contributed by atoms with Crippen LogP contribution in [0.15, 0.2) is 48.5 Å². The average Bonchev–Trinajstić information content (AvgIpc) is 2.54. The van der Waals surface area contributed by atoms with Gasteiger partial charge in [0.15, 0.2) is 6.10 Å². The minimum atomic E-state index is -4.42. The topological polar surface area (TPSA) is 38.3 Å². The lowest BCUT2D eigenvalue weighted by molar-refractivity contribution is -0.137. The van der Waals surface area contributed by atoms with Crippen LogP contribution in [-0.4, -0.2) is 12.0 Å². The number of alkyl halides is 3. The summed E-state index contributed by atoms with van der Waals surface area (Å²) in [5.74, 6) is -0.0896. The van der Waals surface area contributed by atoms with E-state index in [2.05, 4.69) is 5.32 Å². The van der Waals surface area contributed by atoms with Crippen LogP contribution in [0.25, 0.3) is 0 Å². The molecule has 0 spiro atoms. The predicted molar refractivity (Wildman–Crippen MR) is 84.8 cm³/mol. The van der Waals surface area contributed by atoms with Gasteiger partial charge in [-0.2, -0.15) is 13.2 Å². The molecule has 1 atom stereocenters. The molecule has 0 radical (unpaired) electrons. The second-order valence-corrected chi connectivity index (χ2v) is 5.51. The minimum Gasteiger partial charge on any atom is -0.479 e. The second-order valence-electron chi connectivity index (χ2n) is 5.11. The zero-order chi connectivity index (χ0) is 17.7. The molecular formula is C17H15ClF3NO2. The molecule has 3 nitrogen and oxygen atoms in total. The van der Waals surface area contributed by atoms with Crippen LogP contribution in [0.5, 0.6) is 5.75 Å². The van der Waals surface area contributed by atoms with E-state index in [1.807, 2.05) is 0 Å². The second kappa shape index (κ2) is 7.57. The van der Waals surface area contributed by atoms with Crippen molar-refractivity contribution in [1.29, 1.82) is 0 Å². The van der Waals surface area contributed by atoms with Crippen LogP contribution in [0.1, 0.15) is 18.1 Å². The van der Waals surface area contributed by atoms with Gasteiger partial charge in [-0.15, -0.1) is 0 Å². The Balaban J connectivity index is 1.94. The molecule has 128 valence electrons. The van der Waals surface area contributed by atoms with Crippen LogP contribution in [0.3, 0.4) is 0 Å². The van der Waals surface area contributed by atoms with E-state index in [9.17, 15) is 18.0 Å².